The summed E-state index contributed by atoms with van der Waals surface area (Å²) in [6.45, 7) is 1.69. The molecule has 2 aromatic carbocycles. The number of benzene rings is 2. The lowest BCUT2D eigenvalue weighted by Crippen LogP contribution is -2.25. The third-order valence-electron chi connectivity index (χ3n) is 3.97. The van der Waals surface area contributed by atoms with E-state index in [9.17, 15) is 13.6 Å². The van der Waals surface area contributed by atoms with E-state index in [4.69, 9.17) is 0 Å². The third kappa shape index (κ3) is 2.32. The monoisotopic (exact) mass is 338 g/mol. The molecular weight excluding hydrogens is 326 g/mol. The number of para-hydroxylation sites is 2. The molecule has 0 saturated carbocycles. The average molecular weight is 338 g/mol. The number of rotatable bonds is 2. The molecule has 0 spiro atoms. The SMILES string of the molecule is Cc1nn(-c2ccccc2F)c(=O)c2c1cnn2-c1ccccc1F. The van der Waals surface area contributed by atoms with Crippen molar-refractivity contribution in [2.45, 2.75) is 6.92 Å². The Kier molecular flexibility index (Phi) is 3.42. The maximum Gasteiger partial charge on any atom is 0.298 e. The summed E-state index contributed by atoms with van der Waals surface area (Å²) < 4.78 is 30.5. The lowest BCUT2D eigenvalue weighted by Gasteiger charge is -2.09. The molecule has 7 heteroatoms. The maximum absolute atomic E-state index is 14.2. The van der Waals surface area contributed by atoms with Crippen LogP contribution in [0.3, 0.4) is 0 Å². The molecule has 0 aliphatic heterocycles. The van der Waals surface area contributed by atoms with Crippen LogP contribution in [-0.2, 0) is 0 Å². The van der Waals surface area contributed by atoms with Gasteiger partial charge in [0, 0.05) is 5.39 Å². The fraction of sp³-hybridized carbons (Fsp3) is 0.0556. The largest absolute Gasteiger partial charge is 0.298 e. The van der Waals surface area contributed by atoms with Gasteiger partial charge in [0.25, 0.3) is 5.56 Å². The second-order valence-electron chi connectivity index (χ2n) is 5.52. The molecule has 124 valence electrons. The molecular formula is C18H12F2N4O. The van der Waals surface area contributed by atoms with Crippen molar-refractivity contribution in [2.24, 2.45) is 0 Å². The van der Waals surface area contributed by atoms with E-state index in [0.29, 0.717) is 11.1 Å². The Bertz CT molecular complexity index is 1160. The van der Waals surface area contributed by atoms with E-state index in [1.165, 1.54) is 41.2 Å². The minimum absolute atomic E-state index is 0.0267. The molecule has 0 N–H and O–H groups in total. The van der Waals surface area contributed by atoms with Crippen LogP contribution in [0, 0.1) is 18.6 Å². The van der Waals surface area contributed by atoms with Crippen LogP contribution in [0.4, 0.5) is 8.78 Å². The number of aryl methyl sites for hydroxylation is 1. The van der Waals surface area contributed by atoms with Crippen LogP contribution in [0.5, 0.6) is 0 Å². The van der Waals surface area contributed by atoms with Crippen LogP contribution in [-0.4, -0.2) is 19.6 Å². The van der Waals surface area contributed by atoms with Gasteiger partial charge in [-0.25, -0.2) is 13.5 Å². The van der Waals surface area contributed by atoms with E-state index in [1.807, 2.05) is 0 Å². The predicted octanol–water partition coefficient (Wildman–Crippen LogP) is 3.16. The van der Waals surface area contributed by atoms with E-state index in [2.05, 4.69) is 10.2 Å². The molecule has 0 aliphatic rings. The van der Waals surface area contributed by atoms with Crippen molar-refractivity contribution in [3.05, 3.63) is 82.4 Å². The van der Waals surface area contributed by atoms with Gasteiger partial charge in [0.05, 0.1) is 11.9 Å². The Balaban J connectivity index is 2.09. The predicted molar refractivity (Wildman–Crippen MR) is 89.1 cm³/mol. The van der Waals surface area contributed by atoms with Gasteiger partial charge in [-0.1, -0.05) is 24.3 Å². The highest BCUT2D eigenvalue weighted by Crippen LogP contribution is 2.20. The summed E-state index contributed by atoms with van der Waals surface area (Å²) >= 11 is 0. The van der Waals surface area contributed by atoms with Crippen LogP contribution in [0.2, 0.25) is 0 Å². The first-order valence-corrected chi connectivity index (χ1v) is 7.55. The fourth-order valence-electron chi connectivity index (χ4n) is 2.76. The van der Waals surface area contributed by atoms with Crippen molar-refractivity contribution in [1.82, 2.24) is 19.6 Å². The van der Waals surface area contributed by atoms with Gasteiger partial charge in [-0.05, 0) is 31.2 Å². The van der Waals surface area contributed by atoms with Gasteiger partial charge in [-0.15, -0.1) is 0 Å². The summed E-state index contributed by atoms with van der Waals surface area (Å²) in [6.07, 6.45) is 1.46. The van der Waals surface area contributed by atoms with Crippen molar-refractivity contribution in [2.75, 3.05) is 0 Å². The smallest absolute Gasteiger partial charge is 0.265 e. The van der Waals surface area contributed by atoms with Gasteiger partial charge >= 0.3 is 0 Å². The van der Waals surface area contributed by atoms with E-state index >= 15 is 0 Å². The van der Waals surface area contributed by atoms with E-state index < -0.39 is 17.2 Å². The quantitative estimate of drug-likeness (QED) is 0.564. The van der Waals surface area contributed by atoms with Crippen LogP contribution in [0.15, 0.2) is 59.5 Å². The lowest BCUT2D eigenvalue weighted by molar-refractivity contribution is 0.603. The van der Waals surface area contributed by atoms with Gasteiger partial charge in [0.1, 0.15) is 28.5 Å². The summed E-state index contributed by atoms with van der Waals surface area (Å²) in [4.78, 5) is 13.0. The molecule has 0 amide bonds. The van der Waals surface area contributed by atoms with Crippen molar-refractivity contribution >= 4 is 10.9 Å². The zero-order valence-corrected chi connectivity index (χ0v) is 13.1. The number of hydrogen-bond donors (Lipinski definition) is 0. The Morgan fingerprint density at radius 1 is 0.880 bits per heavy atom. The summed E-state index contributed by atoms with van der Waals surface area (Å²) in [6, 6.07) is 11.8. The molecule has 25 heavy (non-hydrogen) atoms. The zero-order chi connectivity index (χ0) is 17.6. The van der Waals surface area contributed by atoms with Crippen LogP contribution in [0.1, 0.15) is 5.69 Å². The van der Waals surface area contributed by atoms with Crippen LogP contribution >= 0.6 is 0 Å². The van der Waals surface area contributed by atoms with Gasteiger partial charge in [0.2, 0.25) is 0 Å². The summed E-state index contributed by atoms with van der Waals surface area (Å²) in [5.41, 5.74) is 0.215. The Morgan fingerprint density at radius 2 is 1.44 bits per heavy atom. The standard InChI is InChI=1S/C18H12F2N4O/c1-11-12-10-21-23(15-8-4-2-6-13(15)19)17(12)18(25)24(22-11)16-9-5-3-7-14(16)20/h2-10H,1H3. The number of halogens is 2. The highest BCUT2D eigenvalue weighted by atomic mass is 19.1. The molecule has 0 aliphatic carbocycles. The molecule has 0 bridgehead atoms. The average Bonchev–Trinajstić information content (AvgIpc) is 3.05. The Morgan fingerprint density at radius 3 is 2.04 bits per heavy atom. The molecule has 4 aromatic rings. The molecule has 0 atom stereocenters. The minimum Gasteiger partial charge on any atom is -0.265 e. The molecule has 2 heterocycles. The second-order valence-corrected chi connectivity index (χ2v) is 5.52. The molecule has 0 saturated heterocycles. The summed E-state index contributed by atoms with van der Waals surface area (Å²) in [5, 5.41) is 8.80. The van der Waals surface area contributed by atoms with Gasteiger partial charge < -0.3 is 0 Å². The van der Waals surface area contributed by atoms with Gasteiger partial charge in [-0.3, -0.25) is 4.79 Å². The normalized spacial score (nSPS) is 11.2. The second kappa shape index (κ2) is 5.62. The molecule has 2 aromatic heterocycles. The first-order chi connectivity index (χ1) is 12.1. The molecule has 0 unspecified atom stereocenters. The highest BCUT2D eigenvalue weighted by molar-refractivity contribution is 5.81. The molecule has 4 rings (SSSR count). The van der Waals surface area contributed by atoms with Crippen molar-refractivity contribution in [1.29, 1.82) is 0 Å². The third-order valence-corrected chi connectivity index (χ3v) is 3.97. The Labute approximate surface area is 140 Å². The topological polar surface area (TPSA) is 52.7 Å². The van der Waals surface area contributed by atoms with E-state index in [0.717, 1.165) is 4.68 Å². The molecule has 0 radical (unpaired) electrons. The van der Waals surface area contributed by atoms with Gasteiger partial charge in [-0.2, -0.15) is 14.9 Å². The zero-order valence-electron chi connectivity index (χ0n) is 13.1. The van der Waals surface area contributed by atoms with Crippen molar-refractivity contribution in [3.63, 3.8) is 0 Å². The fourth-order valence-corrected chi connectivity index (χ4v) is 2.76. The number of hydrogen-bond acceptors (Lipinski definition) is 3. The van der Waals surface area contributed by atoms with Gasteiger partial charge in [0.15, 0.2) is 0 Å². The number of nitrogens with zero attached hydrogens (tertiary/aromatic N) is 4. The van der Waals surface area contributed by atoms with E-state index in [-0.39, 0.29) is 16.9 Å². The van der Waals surface area contributed by atoms with Crippen molar-refractivity contribution in [3.8, 4) is 11.4 Å². The van der Waals surface area contributed by atoms with Crippen LogP contribution in [0.25, 0.3) is 22.3 Å². The number of fused-ring (bicyclic) bond motifs is 1. The molecule has 0 fully saturated rings. The minimum atomic E-state index is -0.577. The summed E-state index contributed by atoms with van der Waals surface area (Å²) in [7, 11) is 0. The Hall–Kier alpha value is -3.35. The number of aromatic nitrogens is 4. The lowest BCUT2D eigenvalue weighted by atomic mass is 10.2. The van der Waals surface area contributed by atoms with E-state index in [1.54, 1.807) is 25.1 Å². The van der Waals surface area contributed by atoms with Crippen molar-refractivity contribution < 1.29 is 8.78 Å². The highest BCUT2D eigenvalue weighted by Gasteiger charge is 2.18. The van der Waals surface area contributed by atoms with Crippen LogP contribution < -0.4 is 5.56 Å². The maximum atomic E-state index is 14.2. The molecule has 5 nitrogen and oxygen atoms in total. The summed E-state index contributed by atoms with van der Waals surface area (Å²) in [5.74, 6) is -1.09. The first-order valence-electron chi connectivity index (χ1n) is 7.55. The first kappa shape index (κ1) is 15.2.